The summed E-state index contributed by atoms with van der Waals surface area (Å²) in [4.78, 5) is 49.2. The van der Waals surface area contributed by atoms with Crippen LogP contribution in [0.4, 0.5) is 23.1 Å². The lowest BCUT2D eigenvalue weighted by Gasteiger charge is -2.37. The van der Waals surface area contributed by atoms with Gasteiger partial charge in [0, 0.05) is 70.2 Å². The van der Waals surface area contributed by atoms with E-state index in [2.05, 4.69) is 35.4 Å². The molecule has 3 aliphatic rings. The van der Waals surface area contributed by atoms with Gasteiger partial charge in [-0.2, -0.15) is 4.98 Å². The zero-order chi connectivity index (χ0) is 29.1. The van der Waals surface area contributed by atoms with Crippen LogP contribution < -0.4 is 25.3 Å². The van der Waals surface area contributed by atoms with Gasteiger partial charge in [-0.15, -0.1) is 0 Å². The number of methoxy groups -OCH3 is 1. The minimum Gasteiger partial charge on any atom is -0.494 e. The van der Waals surface area contributed by atoms with Gasteiger partial charge in [-0.3, -0.25) is 14.6 Å². The Morgan fingerprint density at radius 1 is 0.952 bits per heavy atom. The predicted molar refractivity (Wildman–Crippen MR) is 160 cm³/mol. The number of carbonyl (C=O) groups excluding carboxylic acids is 2. The molecule has 0 spiro atoms. The molecule has 2 aromatic heterocycles. The average Bonchev–Trinajstić information content (AvgIpc) is 3.51. The van der Waals surface area contributed by atoms with E-state index in [1.807, 2.05) is 25.2 Å². The highest BCUT2D eigenvalue weighted by atomic mass is 16.5. The number of imidazole rings is 1. The van der Waals surface area contributed by atoms with Crippen molar-refractivity contribution in [1.29, 1.82) is 0 Å². The highest BCUT2D eigenvalue weighted by Gasteiger charge is 2.31. The first-order valence-corrected chi connectivity index (χ1v) is 15.0. The Balaban J connectivity index is 1.11. The number of piperazine rings is 2. The van der Waals surface area contributed by atoms with E-state index in [-0.39, 0.29) is 5.91 Å². The molecule has 3 fully saturated rings. The van der Waals surface area contributed by atoms with Crippen molar-refractivity contribution >= 4 is 46.1 Å². The molecule has 3 aromatic rings. The molecule has 2 saturated heterocycles. The van der Waals surface area contributed by atoms with Crippen molar-refractivity contribution in [2.24, 2.45) is 0 Å². The van der Waals surface area contributed by atoms with Gasteiger partial charge in [0.25, 0.3) is 0 Å². The van der Waals surface area contributed by atoms with Crippen LogP contribution in [0.15, 0.2) is 24.5 Å². The standard InChI is InChI=1S/C29H40N10O3/c1-36-10-12-38(13-11-36)27(40)28(41)39-16-14-37(15-17-39)21-8-9-22(23(18-21)42-2)33-29-34-25-24(30-19-31-25)26(35-29)32-20-6-4-3-5-7-20/h8-9,18-20H,3-7,10-17H2,1-2H3,(H3,30,31,32,33,34,35)/p+1. The van der Waals surface area contributed by atoms with Crippen LogP contribution in [0.5, 0.6) is 5.75 Å². The first-order chi connectivity index (χ1) is 20.5. The number of hydrogen-bond acceptors (Lipinski definition) is 9. The van der Waals surface area contributed by atoms with Crippen molar-refractivity contribution in [3.05, 3.63) is 24.5 Å². The maximum absolute atomic E-state index is 12.9. The van der Waals surface area contributed by atoms with E-state index in [4.69, 9.17) is 9.72 Å². The number of amides is 2. The Labute approximate surface area is 245 Å². The van der Waals surface area contributed by atoms with E-state index < -0.39 is 5.91 Å². The van der Waals surface area contributed by atoms with Gasteiger partial charge in [0.2, 0.25) is 5.52 Å². The second-order valence-electron chi connectivity index (χ2n) is 11.4. The summed E-state index contributed by atoms with van der Waals surface area (Å²) in [7, 11) is 3.67. The SMILES string of the molecule is COc1cc(N2CCN(C(=O)C(=O)N3CCN(C)CC3)CC2)ccc1Nc1nc(NC2CCCCC2)c2[nH]c[nH+]c2n1. The first kappa shape index (κ1) is 28.0. The monoisotopic (exact) mass is 577 g/mol. The van der Waals surface area contributed by atoms with Gasteiger partial charge in [0.1, 0.15) is 5.75 Å². The third kappa shape index (κ3) is 6.06. The van der Waals surface area contributed by atoms with Gasteiger partial charge in [-0.1, -0.05) is 24.2 Å². The van der Waals surface area contributed by atoms with Crippen molar-refractivity contribution in [3.63, 3.8) is 0 Å². The van der Waals surface area contributed by atoms with Crippen LogP contribution in [0.3, 0.4) is 0 Å². The summed E-state index contributed by atoms with van der Waals surface area (Å²) in [5.74, 6) is 1.14. The van der Waals surface area contributed by atoms with Crippen molar-refractivity contribution in [3.8, 4) is 5.75 Å². The number of likely N-dealkylation sites (N-methyl/N-ethyl adjacent to an activating group) is 1. The van der Waals surface area contributed by atoms with Crippen LogP contribution >= 0.6 is 0 Å². The smallest absolute Gasteiger partial charge is 0.312 e. The number of nitrogens with zero attached hydrogens (tertiary/aromatic N) is 6. The number of nitrogens with one attached hydrogen (secondary N) is 4. The Hall–Kier alpha value is -4.13. The summed E-state index contributed by atoms with van der Waals surface area (Å²) in [5, 5.41) is 6.97. The molecule has 0 unspecified atom stereocenters. The average molecular weight is 578 g/mol. The van der Waals surface area contributed by atoms with Gasteiger partial charge in [-0.05, 0) is 32.0 Å². The number of fused-ring (bicyclic) bond motifs is 1. The van der Waals surface area contributed by atoms with Crippen LogP contribution in [-0.2, 0) is 9.59 Å². The number of benzene rings is 1. The van der Waals surface area contributed by atoms with E-state index >= 15 is 0 Å². The van der Waals surface area contributed by atoms with E-state index in [9.17, 15) is 9.59 Å². The Morgan fingerprint density at radius 2 is 1.64 bits per heavy atom. The number of H-pyrrole nitrogens is 2. The molecular formula is C29H41N10O3+. The molecule has 4 heterocycles. The van der Waals surface area contributed by atoms with E-state index in [0.717, 1.165) is 54.3 Å². The molecule has 1 aromatic carbocycles. The fourth-order valence-electron chi connectivity index (χ4n) is 6.03. The van der Waals surface area contributed by atoms with Crippen LogP contribution in [0.25, 0.3) is 11.2 Å². The number of aromatic nitrogens is 4. The quantitative estimate of drug-likeness (QED) is 0.374. The Bertz CT molecular complexity index is 1410. The summed E-state index contributed by atoms with van der Waals surface area (Å²) in [6.07, 6.45) is 7.81. The summed E-state index contributed by atoms with van der Waals surface area (Å²) < 4.78 is 5.75. The molecule has 13 nitrogen and oxygen atoms in total. The zero-order valence-electron chi connectivity index (χ0n) is 24.5. The lowest BCUT2D eigenvalue weighted by molar-refractivity contribution is -0.347. The molecule has 42 heavy (non-hydrogen) atoms. The van der Waals surface area contributed by atoms with Crippen molar-refractivity contribution in [2.75, 3.05) is 82.0 Å². The minimum atomic E-state index is -0.398. The molecule has 1 aliphatic carbocycles. The molecule has 0 bridgehead atoms. The predicted octanol–water partition coefficient (Wildman–Crippen LogP) is 1.69. The molecule has 0 atom stereocenters. The number of carbonyl (C=O) groups is 2. The first-order valence-electron chi connectivity index (χ1n) is 15.0. The maximum atomic E-state index is 12.9. The fourth-order valence-corrected chi connectivity index (χ4v) is 6.03. The van der Waals surface area contributed by atoms with Gasteiger partial charge in [-0.25, -0.2) is 4.98 Å². The van der Waals surface area contributed by atoms with Gasteiger partial charge in [0.15, 0.2) is 12.1 Å². The summed E-state index contributed by atoms with van der Waals surface area (Å²) >= 11 is 0. The fraction of sp³-hybridized carbons (Fsp3) is 0.552. The summed E-state index contributed by atoms with van der Waals surface area (Å²) in [5.41, 5.74) is 3.33. The van der Waals surface area contributed by atoms with Crippen molar-refractivity contribution in [1.82, 2.24) is 29.7 Å². The molecular weight excluding hydrogens is 536 g/mol. The molecule has 2 aliphatic heterocycles. The van der Waals surface area contributed by atoms with Gasteiger partial charge >= 0.3 is 23.4 Å². The van der Waals surface area contributed by atoms with Crippen LogP contribution in [-0.4, -0.2) is 114 Å². The van der Waals surface area contributed by atoms with Crippen molar-refractivity contribution in [2.45, 2.75) is 38.1 Å². The largest absolute Gasteiger partial charge is 0.494 e. The number of aromatic amines is 2. The molecule has 1 saturated carbocycles. The molecule has 13 heteroatoms. The van der Waals surface area contributed by atoms with E-state index in [1.165, 1.54) is 19.3 Å². The maximum Gasteiger partial charge on any atom is 0.312 e. The topological polar surface area (TPSA) is 136 Å². The lowest BCUT2D eigenvalue weighted by Crippen LogP contribution is -2.56. The lowest BCUT2D eigenvalue weighted by atomic mass is 9.95. The highest BCUT2D eigenvalue weighted by Crippen LogP contribution is 2.33. The summed E-state index contributed by atoms with van der Waals surface area (Å²) in [6, 6.07) is 6.38. The Kier molecular flexibility index (Phi) is 8.27. The normalized spacial score (nSPS) is 18.8. The third-order valence-electron chi connectivity index (χ3n) is 8.62. The molecule has 224 valence electrons. The van der Waals surface area contributed by atoms with Gasteiger partial charge in [0.05, 0.1) is 12.8 Å². The Morgan fingerprint density at radius 3 is 2.33 bits per heavy atom. The van der Waals surface area contributed by atoms with E-state index in [0.29, 0.717) is 57.0 Å². The van der Waals surface area contributed by atoms with Crippen molar-refractivity contribution < 1.29 is 19.3 Å². The van der Waals surface area contributed by atoms with Crippen LogP contribution in [0, 0.1) is 0 Å². The molecule has 4 N–H and O–H groups in total. The number of ether oxygens (including phenoxy) is 1. The summed E-state index contributed by atoms with van der Waals surface area (Å²) in [6.45, 7) is 5.06. The highest BCUT2D eigenvalue weighted by molar-refractivity contribution is 6.35. The minimum absolute atomic E-state index is 0.386. The third-order valence-corrected chi connectivity index (χ3v) is 8.62. The number of rotatable bonds is 6. The second kappa shape index (κ2) is 12.4. The molecule has 2 amide bonds. The molecule has 6 rings (SSSR count). The van der Waals surface area contributed by atoms with Crippen LogP contribution in [0.2, 0.25) is 0 Å². The van der Waals surface area contributed by atoms with Gasteiger partial charge < -0.3 is 35.0 Å². The molecule has 0 radical (unpaired) electrons. The van der Waals surface area contributed by atoms with E-state index in [1.54, 1.807) is 23.2 Å². The van der Waals surface area contributed by atoms with Crippen LogP contribution in [0.1, 0.15) is 32.1 Å². The zero-order valence-corrected chi connectivity index (χ0v) is 24.5. The second-order valence-corrected chi connectivity index (χ2v) is 11.4. The number of hydrogen-bond donors (Lipinski definition) is 3. The number of anilines is 4.